The molecule has 0 spiro atoms. The number of halogens is 1. The minimum atomic E-state index is -0.606. The zero-order valence-electron chi connectivity index (χ0n) is 11.7. The lowest BCUT2D eigenvalue weighted by Gasteiger charge is -1.99. The lowest BCUT2D eigenvalue weighted by atomic mass is 10.1. The second-order valence-electron chi connectivity index (χ2n) is 4.56. The van der Waals surface area contributed by atoms with Crippen LogP contribution in [0.1, 0.15) is 10.5 Å². The fourth-order valence-electron chi connectivity index (χ4n) is 2.06. The van der Waals surface area contributed by atoms with Gasteiger partial charge in [0.2, 0.25) is 5.89 Å². The highest BCUT2D eigenvalue weighted by Gasteiger charge is 2.22. The Kier molecular flexibility index (Phi) is 3.70. The molecule has 0 radical (unpaired) electrons. The van der Waals surface area contributed by atoms with Gasteiger partial charge < -0.3 is 9.15 Å². The van der Waals surface area contributed by atoms with E-state index in [1.54, 1.807) is 0 Å². The Morgan fingerprint density at radius 1 is 1.05 bits per heavy atom. The molecule has 2 aromatic carbocycles. The molecule has 3 aromatic rings. The largest absolute Gasteiger partial charge is 0.464 e. The number of hydrogen-bond acceptors (Lipinski definition) is 4. The number of carbonyl (C=O) groups is 1. The van der Waals surface area contributed by atoms with Crippen LogP contribution in [0.25, 0.3) is 22.8 Å². The molecule has 0 unspecified atom stereocenters. The van der Waals surface area contributed by atoms with Crippen molar-refractivity contribution in [3.63, 3.8) is 0 Å². The molecular formula is C17H12FNO3. The molecule has 0 saturated heterocycles. The van der Waals surface area contributed by atoms with Crippen molar-refractivity contribution in [1.29, 1.82) is 0 Å². The summed E-state index contributed by atoms with van der Waals surface area (Å²) in [4.78, 5) is 16.1. The van der Waals surface area contributed by atoms with E-state index in [9.17, 15) is 9.18 Å². The van der Waals surface area contributed by atoms with Crippen LogP contribution in [0.2, 0.25) is 0 Å². The van der Waals surface area contributed by atoms with E-state index in [1.165, 1.54) is 31.4 Å². The van der Waals surface area contributed by atoms with E-state index >= 15 is 0 Å². The van der Waals surface area contributed by atoms with E-state index in [2.05, 4.69) is 4.98 Å². The van der Waals surface area contributed by atoms with Gasteiger partial charge in [-0.2, -0.15) is 0 Å². The summed E-state index contributed by atoms with van der Waals surface area (Å²) in [6.07, 6.45) is 0. The Balaban J connectivity index is 2.13. The molecule has 110 valence electrons. The molecule has 0 N–H and O–H groups in total. The maximum absolute atomic E-state index is 13.1. The number of carbonyl (C=O) groups excluding carboxylic acids is 1. The second kappa shape index (κ2) is 5.81. The van der Waals surface area contributed by atoms with Crippen LogP contribution in [0.3, 0.4) is 0 Å². The summed E-state index contributed by atoms with van der Waals surface area (Å²) in [5.74, 6) is -0.414. The Morgan fingerprint density at radius 3 is 2.36 bits per heavy atom. The molecule has 0 bridgehead atoms. The molecule has 0 aliphatic carbocycles. The first kappa shape index (κ1) is 14.0. The van der Waals surface area contributed by atoms with Gasteiger partial charge in [-0.25, -0.2) is 14.2 Å². The zero-order chi connectivity index (χ0) is 15.5. The highest BCUT2D eigenvalue weighted by molar-refractivity contribution is 5.94. The van der Waals surface area contributed by atoms with Gasteiger partial charge in [-0.1, -0.05) is 18.2 Å². The van der Waals surface area contributed by atoms with Gasteiger partial charge in [0.1, 0.15) is 5.82 Å². The quantitative estimate of drug-likeness (QED) is 0.687. The van der Waals surface area contributed by atoms with Gasteiger partial charge in [0.15, 0.2) is 11.5 Å². The summed E-state index contributed by atoms with van der Waals surface area (Å²) < 4.78 is 23.5. The van der Waals surface area contributed by atoms with Gasteiger partial charge >= 0.3 is 5.97 Å². The lowest BCUT2D eigenvalue weighted by Crippen LogP contribution is -2.03. The Morgan fingerprint density at radius 2 is 1.73 bits per heavy atom. The number of aromatic nitrogens is 1. The molecule has 1 aromatic heterocycles. The topological polar surface area (TPSA) is 52.3 Å². The maximum Gasteiger partial charge on any atom is 0.360 e. The number of rotatable bonds is 3. The first-order valence-electron chi connectivity index (χ1n) is 6.59. The number of ether oxygens (including phenoxy) is 1. The number of methoxy groups -OCH3 is 1. The minimum absolute atomic E-state index is 0.0629. The second-order valence-corrected chi connectivity index (χ2v) is 4.56. The van der Waals surface area contributed by atoms with Gasteiger partial charge in [0.25, 0.3) is 0 Å². The minimum Gasteiger partial charge on any atom is -0.464 e. The molecule has 1 heterocycles. The molecule has 22 heavy (non-hydrogen) atoms. The first-order valence-corrected chi connectivity index (χ1v) is 6.59. The van der Waals surface area contributed by atoms with Crippen LogP contribution in [0.15, 0.2) is 59.0 Å². The fourth-order valence-corrected chi connectivity index (χ4v) is 2.06. The molecular weight excluding hydrogens is 285 g/mol. The average Bonchev–Trinajstić information content (AvgIpc) is 3.01. The van der Waals surface area contributed by atoms with E-state index in [4.69, 9.17) is 9.15 Å². The molecule has 0 fully saturated rings. The predicted molar refractivity (Wildman–Crippen MR) is 78.7 cm³/mol. The highest BCUT2D eigenvalue weighted by atomic mass is 19.1. The normalized spacial score (nSPS) is 10.5. The third-order valence-electron chi connectivity index (χ3n) is 3.13. The summed E-state index contributed by atoms with van der Waals surface area (Å²) in [6, 6.07) is 14.8. The Bertz CT molecular complexity index is 795. The Hall–Kier alpha value is -2.95. The summed E-state index contributed by atoms with van der Waals surface area (Å²) >= 11 is 0. The fraction of sp³-hybridized carbons (Fsp3) is 0.0588. The van der Waals surface area contributed by atoms with Crippen LogP contribution in [-0.2, 0) is 4.74 Å². The van der Waals surface area contributed by atoms with Gasteiger partial charge in [0, 0.05) is 11.1 Å². The molecule has 0 aliphatic rings. The van der Waals surface area contributed by atoms with Crippen LogP contribution >= 0.6 is 0 Å². The van der Waals surface area contributed by atoms with Crippen molar-refractivity contribution in [2.75, 3.05) is 7.11 Å². The summed E-state index contributed by atoms with van der Waals surface area (Å²) in [5, 5.41) is 0. The first-order chi connectivity index (χ1) is 10.7. The number of oxazole rings is 1. The van der Waals surface area contributed by atoms with Crippen LogP contribution in [-0.4, -0.2) is 18.1 Å². The van der Waals surface area contributed by atoms with Crippen molar-refractivity contribution in [3.05, 3.63) is 66.1 Å². The van der Waals surface area contributed by atoms with Crippen molar-refractivity contribution in [2.24, 2.45) is 0 Å². The number of nitrogens with zero attached hydrogens (tertiary/aromatic N) is 1. The van der Waals surface area contributed by atoms with E-state index in [-0.39, 0.29) is 17.3 Å². The van der Waals surface area contributed by atoms with Crippen molar-refractivity contribution in [3.8, 4) is 22.8 Å². The van der Waals surface area contributed by atoms with E-state index < -0.39 is 5.97 Å². The van der Waals surface area contributed by atoms with E-state index in [1.807, 2.05) is 30.3 Å². The molecule has 0 amide bonds. The predicted octanol–water partition coefficient (Wildman–Crippen LogP) is 3.93. The smallest absolute Gasteiger partial charge is 0.360 e. The SMILES string of the molecule is COC(=O)c1nc(-c2ccccc2)oc1-c1ccc(F)cc1. The summed E-state index contributed by atoms with van der Waals surface area (Å²) in [5.41, 5.74) is 1.35. The third-order valence-corrected chi connectivity index (χ3v) is 3.13. The van der Waals surface area contributed by atoms with Crippen molar-refractivity contribution in [2.45, 2.75) is 0 Å². The summed E-state index contributed by atoms with van der Waals surface area (Å²) in [7, 11) is 1.27. The van der Waals surface area contributed by atoms with Crippen molar-refractivity contribution < 1.29 is 18.3 Å². The average molecular weight is 297 g/mol. The van der Waals surface area contributed by atoms with E-state index in [0.717, 1.165) is 5.56 Å². The van der Waals surface area contributed by atoms with Crippen LogP contribution in [0.4, 0.5) is 4.39 Å². The molecule has 5 heteroatoms. The van der Waals surface area contributed by atoms with Gasteiger partial charge in [-0.15, -0.1) is 0 Å². The monoisotopic (exact) mass is 297 g/mol. The zero-order valence-corrected chi connectivity index (χ0v) is 11.7. The molecule has 0 atom stereocenters. The van der Waals surface area contributed by atoms with Crippen molar-refractivity contribution in [1.82, 2.24) is 4.98 Å². The number of hydrogen-bond donors (Lipinski definition) is 0. The van der Waals surface area contributed by atoms with E-state index in [0.29, 0.717) is 11.5 Å². The van der Waals surface area contributed by atoms with Crippen molar-refractivity contribution >= 4 is 5.97 Å². The standard InChI is InChI=1S/C17H12FNO3/c1-21-17(20)14-15(11-7-9-13(18)10-8-11)22-16(19-14)12-5-3-2-4-6-12/h2-10H,1H3. The summed E-state index contributed by atoms with van der Waals surface area (Å²) in [6.45, 7) is 0. The Labute approximate surface area is 126 Å². The van der Waals surface area contributed by atoms with Crippen LogP contribution in [0, 0.1) is 5.82 Å². The van der Waals surface area contributed by atoms with Gasteiger partial charge in [-0.3, -0.25) is 0 Å². The molecule has 0 aliphatic heterocycles. The molecule has 0 saturated carbocycles. The van der Waals surface area contributed by atoms with Gasteiger partial charge in [-0.05, 0) is 36.4 Å². The maximum atomic E-state index is 13.1. The lowest BCUT2D eigenvalue weighted by molar-refractivity contribution is 0.0595. The third kappa shape index (κ3) is 2.61. The van der Waals surface area contributed by atoms with Crippen LogP contribution in [0.5, 0.6) is 0 Å². The number of esters is 1. The van der Waals surface area contributed by atoms with Crippen LogP contribution < -0.4 is 0 Å². The van der Waals surface area contributed by atoms with Gasteiger partial charge in [0.05, 0.1) is 7.11 Å². The highest BCUT2D eigenvalue weighted by Crippen LogP contribution is 2.30. The molecule has 4 nitrogen and oxygen atoms in total. The number of benzene rings is 2. The molecule has 3 rings (SSSR count).